The second-order valence-corrected chi connectivity index (χ2v) is 5.99. The first-order valence-corrected chi connectivity index (χ1v) is 7.03. The molecule has 1 heterocycles. The maximum absolute atomic E-state index is 12.2. The average Bonchev–Trinajstić information content (AvgIpc) is 2.85. The monoisotopic (exact) mass is 303 g/mol. The van der Waals surface area contributed by atoms with E-state index in [1.807, 2.05) is 0 Å². The highest BCUT2D eigenvalue weighted by atomic mass is 16.6. The standard InChI is InChI=1S/C14H25NO6/c1-9(18-5)11(15-13(17)21-14(2,3)4)12(16)20-10-6-7-19-8-10/h9-11H,6-8H2,1-5H3,(H,15,17)/t9?,10-,11?/m0/s1. The van der Waals surface area contributed by atoms with E-state index in [9.17, 15) is 9.59 Å². The highest BCUT2D eigenvalue weighted by Crippen LogP contribution is 2.12. The number of nitrogens with one attached hydrogen (secondary N) is 1. The van der Waals surface area contributed by atoms with Crippen molar-refractivity contribution in [3.05, 3.63) is 0 Å². The Labute approximate surface area is 125 Å². The Morgan fingerprint density at radius 3 is 2.48 bits per heavy atom. The molecule has 0 aromatic rings. The third kappa shape index (κ3) is 6.31. The van der Waals surface area contributed by atoms with E-state index in [0.29, 0.717) is 19.6 Å². The van der Waals surface area contributed by atoms with Gasteiger partial charge in [0.15, 0.2) is 6.04 Å². The van der Waals surface area contributed by atoms with Gasteiger partial charge >= 0.3 is 12.1 Å². The molecule has 3 atom stereocenters. The molecular weight excluding hydrogens is 278 g/mol. The van der Waals surface area contributed by atoms with Crippen LogP contribution in [0.1, 0.15) is 34.1 Å². The number of hydrogen-bond donors (Lipinski definition) is 1. The minimum atomic E-state index is -0.926. The second-order valence-electron chi connectivity index (χ2n) is 5.99. The molecule has 0 saturated carbocycles. The van der Waals surface area contributed by atoms with Crippen LogP contribution in [0.2, 0.25) is 0 Å². The van der Waals surface area contributed by atoms with Crippen molar-refractivity contribution in [2.75, 3.05) is 20.3 Å². The molecule has 0 aromatic carbocycles. The molecule has 1 N–H and O–H groups in total. The Morgan fingerprint density at radius 2 is 2.00 bits per heavy atom. The Hall–Kier alpha value is -1.34. The van der Waals surface area contributed by atoms with Crippen LogP contribution in [-0.4, -0.2) is 56.2 Å². The predicted octanol–water partition coefficient (Wildman–Crippen LogP) is 1.25. The van der Waals surface area contributed by atoms with Gasteiger partial charge in [-0.1, -0.05) is 0 Å². The summed E-state index contributed by atoms with van der Waals surface area (Å²) in [4.78, 5) is 24.0. The maximum atomic E-state index is 12.2. The van der Waals surface area contributed by atoms with E-state index in [4.69, 9.17) is 18.9 Å². The molecule has 0 aliphatic carbocycles. The highest BCUT2D eigenvalue weighted by molar-refractivity contribution is 5.82. The van der Waals surface area contributed by atoms with E-state index >= 15 is 0 Å². The van der Waals surface area contributed by atoms with Crippen LogP contribution in [0.4, 0.5) is 4.79 Å². The van der Waals surface area contributed by atoms with Gasteiger partial charge in [-0.05, 0) is 27.7 Å². The minimum Gasteiger partial charge on any atom is -0.458 e. The number of alkyl carbamates (subject to hydrolysis) is 1. The molecule has 0 bridgehead atoms. The lowest BCUT2D eigenvalue weighted by Gasteiger charge is -2.26. The summed E-state index contributed by atoms with van der Waals surface area (Å²) in [5.74, 6) is -0.550. The molecule has 1 aliphatic heterocycles. The Balaban J connectivity index is 2.61. The van der Waals surface area contributed by atoms with Crippen LogP contribution in [0.15, 0.2) is 0 Å². The Bertz CT molecular complexity index is 359. The van der Waals surface area contributed by atoms with Gasteiger partial charge in [0.1, 0.15) is 11.7 Å². The molecule has 7 nitrogen and oxygen atoms in total. The number of methoxy groups -OCH3 is 1. The summed E-state index contributed by atoms with van der Waals surface area (Å²) in [6, 6.07) is -0.926. The van der Waals surface area contributed by atoms with E-state index in [1.54, 1.807) is 27.7 Å². The van der Waals surface area contributed by atoms with E-state index in [2.05, 4.69) is 5.32 Å². The number of amides is 1. The molecule has 1 amide bonds. The SMILES string of the molecule is COC(C)C(NC(=O)OC(C)(C)C)C(=O)O[C@H]1CCOC1. The summed E-state index contributed by atoms with van der Waals surface area (Å²) in [5.41, 5.74) is -0.645. The molecule has 1 saturated heterocycles. The van der Waals surface area contributed by atoms with Crippen LogP contribution >= 0.6 is 0 Å². The van der Waals surface area contributed by atoms with Gasteiger partial charge in [-0.2, -0.15) is 0 Å². The maximum Gasteiger partial charge on any atom is 0.408 e. The van der Waals surface area contributed by atoms with Gasteiger partial charge in [-0.15, -0.1) is 0 Å². The average molecular weight is 303 g/mol. The van der Waals surface area contributed by atoms with Crippen molar-refractivity contribution >= 4 is 12.1 Å². The van der Waals surface area contributed by atoms with Crippen LogP contribution in [0, 0.1) is 0 Å². The third-order valence-corrected chi connectivity index (χ3v) is 2.94. The number of esters is 1. The van der Waals surface area contributed by atoms with E-state index < -0.39 is 29.8 Å². The van der Waals surface area contributed by atoms with Crippen molar-refractivity contribution in [3.63, 3.8) is 0 Å². The normalized spacial score (nSPS) is 21.5. The summed E-state index contributed by atoms with van der Waals surface area (Å²) in [6.07, 6.45) is -0.834. The first-order valence-electron chi connectivity index (χ1n) is 7.03. The van der Waals surface area contributed by atoms with E-state index in [-0.39, 0.29) is 6.10 Å². The molecule has 2 unspecified atom stereocenters. The zero-order valence-corrected chi connectivity index (χ0v) is 13.3. The smallest absolute Gasteiger partial charge is 0.408 e. The van der Waals surface area contributed by atoms with Crippen molar-refractivity contribution < 1.29 is 28.5 Å². The Morgan fingerprint density at radius 1 is 1.33 bits per heavy atom. The molecule has 21 heavy (non-hydrogen) atoms. The van der Waals surface area contributed by atoms with Crippen molar-refractivity contribution in [1.82, 2.24) is 5.32 Å². The number of ether oxygens (including phenoxy) is 4. The summed E-state index contributed by atoms with van der Waals surface area (Å²) in [7, 11) is 1.46. The van der Waals surface area contributed by atoms with Crippen molar-refractivity contribution in [2.45, 2.75) is 58.0 Å². The number of carbonyl (C=O) groups excluding carboxylic acids is 2. The molecule has 122 valence electrons. The number of hydrogen-bond acceptors (Lipinski definition) is 6. The minimum absolute atomic E-state index is 0.274. The van der Waals surface area contributed by atoms with Crippen LogP contribution in [0.5, 0.6) is 0 Å². The van der Waals surface area contributed by atoms with E-state index in [0.717, 1.165) is 0 Å². The van der Waals surface area contributed by atoms with E-state index in [1.165, 1.54) is 7.11 Å². The van der Waals surface area contributed by atoms with Crippen molar-refractivity contribution in [1.29, 1.82) is 0 Å². The lowest BCUT2D eigenvalue weighted by atomic mass is 10.2. The molecule has 7 heteroatoms. The van der Waals surface area contributed by atoms with Crippen LogP contribution in [0.3, 0.4) is 0 Å². The van der Waals surface area contributed by atoms with Crippen LogP contribution < -0.4 is 5.32 Å². The van der Waals surface area contributed by atoms with Crippen molar-refractivity contribution in [2.24, 2.45) is 0 Å². The molecule has 0 spiro atoms. The molecular formula is C14H25NO6. The van der Waals surface area contributed by atoms with Gasteiger partial charge in [0, 0.05) is 13.5 Å². The van der Waals surface area contributed by atoms with Crippen LogP contribution in [-0.2, 0) is 23.7 Å². The summed E-state index contributed by atoms with van der Waals surface area (Å²) < 4.78 is 20.7. The van der Waals surface area contributed by atoms with Gasteiger partial charge in [0.05, 0.1) is 19.3 Å². The number of carbonyl (C=O) groups is 2. The number of rotatable bonds is 5. The first-order chi connectivity index (χ1) is 9.73. The fourth-order valence-electron chi connectivity index (χ4n) is 1.78. The third-order valence-electron chi connectivity index (χ3n) is 2.94. The van der Waals surface area contributed by atoms with Gasteiger partial charge in [0.25, 0.3) is 0 Å². The summed E-state index contributed by atoms with van der Waals surface area (Å²) >= 11 is 0. The van der Waals surface area contributed by atoms with Gasteiger partial charge in [-0.25, -0.2) is 9.59 Å². The zero-order chi connectivity index (χ0) is 16.0. The Kier molecular flexibility index (Phi) is 6.42. The summed E-state index contributed by atoms with van der Waals surface area (Å²) in [6.45, 7) is 7.86. The fraction of sp³-hybridized carbons (Fsp3) is 0.857. The van der Waals surface area contributed by atoms with Crippen molar-refractivity contribution in [3.8, 4) is 0 Å². The molecule has 0 radical (unpaired) electrons. The van der Waals surface area contributed by atoms with Gasteiger partial charge < -0.3 is 24.3 Å². The topological polar surface area (TPSA) is 83.1 Å². The van der Waals surface area contributed by atoms with Crippen LogP contribution in [0.25, 0.3) is 0 Å². The molecule has 1 rings (SSSR count). The van der Waals surface area contributed by atoms with Gasteiger partial charge in [-0.3, -0.25) is 0 Å². The fourth-order valence-corrected chi connectivity index (χ4v) is 1.78. The molecule has 1 aliphatic rings. The molecule has 1 fully saturated rings. The summed E-state index contributed by atoms with van der Waals surface area (Å²) in [5, 5.41) is 2.50. The quantitative estimate of drug-likeness (QED) is 0.770. The largest absolute Gasteiger partial charge is 0.458 e. The lowest BCUT2D eigenvalue weighted by molar-refractivity contribution is -0.155. The first kappa shape index (κ1) is 17.7. The molecule has 0 aromatic heterocycles. The highest BCUT2D eigenvalue weighted by Gasteiger charge is 2.32. The zero-order valence-electron chi connectivity index (χ0n) is 13.3. The lowest BCUT2D eigenvalue weighted by Crippen LogP contribution is -2.51. The predicted molar refractivity (Wildman–Crippen MR) is 74.9 cm³/mol. The van der Waals surface area contributed by atoms with Gasteiger partial charge in [0.2, 0.25) is 0 Å². The second kappa shape index (κ2) is 7.61.